The van der Waals surface area contributed by atoms with Gasteiger partial charge in [-0.1, -0.05) is 0 Å². The molecule has 7 nitrogen and oxygen atoms in total. The fraction of sp³-hybridized carbons (Fsp3) is 0.722. The average Bonchev–Trinajstić information content (AvgIpc) is 3.28. The fourth-order valence-corrected chi connectivity index (χ4v) is 4.16. The molecule has 0 unspecified atom stereocenters. The third-order valence-corrected chi connectivity index (χ3v) is 5.62. The monoisotopic (exact) mass is 381 g/mol. The Morgan fingerprint density at radius 3 is 3.04 bits per heavy atom. The molecule has 1 N–H and O–H groups in total. The van der Waals surface area contributed by atoms with Crippen molar-refractivity contribution >= 4 is 5.91 Å². The van der Waals surface area contributed by atoms with Crippen LogP contribution in [-0.2, 0) is 17.8 Å². The molecule has 0 saturated carbocycles. The van der Waals surface area contributed by atoms with Crippen molar-refractivity contribution in [1.82, 2.24) is 25.1 Å². The number of likely N-dealkylation sites (tertiary alicyclic amines) is 1. The van der Waals surface area contributed by atoms with Crippen molar-refractivity contribution in [2.24, 2.45) is 0 Å². The number of aromatic nitrogens is 2. The minimum Gasteiger partial charge on any atom is -0.464 e. The summed E-state index contributed by atoms with van der Waals surface area (Å²) in [5.41, 5.74) is 2.10. The van der Waals surface area contributed by atoms with Crippen LogP contribution < -0.4 is 10.1 Å². The number of ether oxygens (including phenoxy) is 1. The number of alkyl halides is 2. The second kappa shape index (κ2) is 7.27. The van der Waals surface area contributed by atoms with E-state index in [2.05, 4.69) is 20.2 Å². The number of amides is 1. The number of carbonyl (C=O) groups is 1. The standard InChI is InChI=1S/C18H25F2N5O2/c1-2-27-17-22-8-12-10-24(5-3-14(12)23-17)13-7-15(21-9-13)16(26)25-6-4-18(19,20)11-25/h8,13,15,21H,2-7,9-11H2,1H3/t13-,15-/m0/s1. The molecule has 3 aliphatic heterocycles. The van der Waals surface area contributed by atoms with E-state index >= 15 is 0 Å². The average molecular weight is 381 g/mol. The Bertz CT molecular complexity index is 717. The topological polar surface area (TPSA) is 70.6 Å². The smallest absolute Gasteiger partial charge is 0.316 e. The van der Waals surface area contributed by atoms with Crippen molar-refractivity contribution in [3.8, 4) is 6.01 Å². The zero-order valence-electron chi connectivity index (χ0n) is 15.5. The number of fused-ring (bicyclic) bond motifs is 1. The molecule has 0 bridgehead atoms. The van der Waals surface area contributed by atoms with Crippen LogP contribution in [0, 0.1) is 0 Å². The van der Waals surface area contributed by atoms with E-state index in [4.69, 9.17) is 4.74 Å². The van der Waals surface area contributed by atoms with Crippen LogP contribution in [0.4, 0.5) is 8.78 Å². The van der Waals surface area contributed by atoms with Gasteiger partial charge in [0.1, 0.15) is 0 Å². The van der Waals surface area contributed by atoms with Gasteiger partial charge < -0.3 is 15.0 Å². The normalized spacial score (nSPS) is 27.6. The Labute approximate surface area is 157 Å². The molecule has 148 valence electrons. The molecule has 4 heterocycles. The van der Waals surface area contributed by atoms with Gasteiger partial charge in [0.05, 0.1) is 24.9 Å². The van der Waals surface area contributed by atoms with Gasteiger partial charge in [0.2, 0.25) is 5.91 Å². The Hall–Kier alpha value is -1.87. The highest BCUT2D eigenvalue weighted by Crippen LogP contribution is 2.29. The Morgan fingerprint density at radius 1 is 1.44 bits per heavy atom. The lowest BCUT2D eigenvalue weighted by atomic mass is 10.0. The molecule has 0 spiro atoms. The Kier molecular flexibility index (Phi) is 4.98. The first-order valence-electron chi connectivity index (χ1n) is 9.57. The molecule has 0 aliphatic carbocycles. The third kappa shape index (κ3) is 3.89. The van der Waals surface area contributed by atoms with Crippen LogP contribution >= 0.6 is 0 Å². The molecule has 2 atom stereocenters. The first kappa shape index (κ1) is 18.5. The highest BCUT2D eigenvalue weighted by molar-refractivity contribution is 5.82. The molecule has 1 aromatic rings. The van der Waals surface area contributed by atoms with E-state index in [-0.39, 0.29) is 31.0 Å². The maximum atomic E-state index is 13.4. The summed E-state index contributed by atoms with van der Waals surface area (Å²) in [7, 11) is 0. The second-order valence-electron chi connectivity index (χ2n) is 7.49. The van der Waals surface area contributed by atoms with Crippen LogP contribution in [0.25, 0.3) is 0 Å². The van der Waals surface area contributed by atoms with Crippen molar-refractivity contribution in [3.63, 3.8) is 0 Å². The molecule has 0 aromatic carbocycles. The number of nitrogens with one attached hydrogen (secondary N) is 1. The summed E-state index contributed by atoms with van der Waals surface area (Å²) in [6.07, 6.45) is 3.04. The molecule has 27 heavy (non-hydrogen) atoms. The first-order chi connectivity index (χ1) is 12.9. The molecule has 1 aromatic heterocycles. The summed E-state index contributed by atoms with van der Waals surface area (Å²) in [6.45, 7) is 4.40. The summed E-state index contributed by atoms with van der Waals surface area (Å²) < 4.78 is 32.1. The van der Waals surface area contributed by atoms with Gasteiger partial charge in [-0.25, -0.2) is 13.8 Å². The van der Waals surface area contributed by atoms with E-state index in [0.29, 0.717) is 25.6 Å². The van der Waals surface area contributed by atoms with Crippen molar-refractivity contribution < 1.29 is 18.3 Å². The number of rotatable bonds is 4. The molecule has 0 radical (unpaired) electrons. The quantitative estimate of drug-likeness (QED) is 0.833. The molecule has 3 aliphatic rings. The molecule has 4 rings (SSSR count). The van der Waals surface area contributed by atoms with Gasteiger partial charge in [0.25, 0.3) is 5.92 Å². The van der Waals surface area contributed by atoms with Gasteiger partial charge in [0, 0.05) is 56.8 Å². The van der Waals surface area contributed by atoms with Crippen molar-refractivity contribution in [2.45, 2.75) is 50.7 Å². The Balaban J connectivity index is 1.35. The van der Waals surface area contributed by atoms with Crippen LogP contribution in [0.5, 0.6) is 6.01 Å². The van der Waals surface area contributed by atoms with E-state index in [1.54, 1.807) is 0 Å². The minimum absolute atomic E-state index is 0.144. The molecule has 9 heteroatoms. The SMILES string of the molecule is CCOc1ncc2c(n1)CCN([C@@H]1CN[C@H](C(=O)N3CCC(F)(F)C3)C1)C2. The third-order valence-electron chi connectivity index (χ3n) is 5.62. The summed E-state index contributed by atoms with van der Waals surface area (Å²) in [4.78, 5) is 24.9. The fourth-order valence-electron chi connectivity index (χ4n) is 4.16. The number of carbonyl (C=O) groups excluding carboxylic acids is 1. The molecular formula is C18H25F2N5O2. The van der Waals surface area contributed by atoms with Gasteiger partial charge >= 0.3 is 6.01 Å². The van der Waals surface area contributed by atoms with Gasteiger partial charge in [-0.3, -0.25) is 9.69 Å². The van der Waals surface area contributed by atoms with Crippen LogP contribution in [0.2, 0.25) is 0 Å². The molecule has 1 amide bonds. The van der Waals surface area contributed by atoms with Crippen LogP contribution in [-0.4, -0.2) is 76.5 Å². The van der Waals surface area contributed by atoms with Crippen LogP contribution in [0.15, 0.2) is 6.20 Å². The largest absolute Gasteiger partial charge is 0.464 e. The zero-order chi connectivity index (χ0) is 19.0. The predicted molar refractivity (Wildman–Crippen MR) is 93.7 cm³/mol. The van der Waals surface area contributed by atoms with E-state index < -0.39 is 12.5 Å². The molecule has 2 saturated heterocycles. The lowest BCUT2D eigenvalue weighted by Gasteiger charge is -2.32. The summed E-state index contributed by atoms with van der Waals surface area (Å²) >= 11 is 0. The van der Waals surface area contributed by atoms with Crippen LogP contribution in [0.3, 0.4) is 0 Å². The summed E-state index contributed by atoms with van der Waals surface area (Å²) in [5.74, 6) is -2.94. The number of hydrogen-bond donors (Lipinski definition) is 1. The van der Waals surface area contributed by atoms with E-state index in [1.165, 1.54) is 4.90 Å². The Morgan fingerprint density at radius 2 is 2.30 bits per heavy atom. The number of nitrogens with zero attached hydrogens (tertiary/aromatic N) is 4. The zero-order valence-corrected chi connectivity index (χ0v) is 15.5. The first-order valence-corrected chi connectivity index (χ1v) is 9.57. The number of halogens is 2. The van der Waals surface area contributed by atoms with Gasteiger partial charge in [-0.05, 0) is 13.3 Å². The summed E-state index contributed by atoms with van der Waals surface area (Å²) in [5, 5.41) is 3.23. The second-order valence-corrected chi connectivity index (χ2v) is 7.49. The number of hydrogen-bond acceptors (Lipinski definition) is 6. The van der Waals surface area contributed by atoms with Gasteiger partial charge in [-0.2, -0.15) is 4.98 Å². The van der Waals surface area contributed by atoms with E-state index in [1.807, 2.05) is 13.1 Å². The maximum absolute atomic E-state index is 13.4. The van der Waals surface area contributed by atoms with Gasteiger partial charge in [0.15, 0.2) is 0 Å². The highest BCUT2D eigenvalue weighted by atomic mass is 19.3. The van der Waals surface area contributed by atoms with Crippen molar-refractivity contribution in [1.29, 1.82) is 0 Å². The van der Waals surface area contributed by atoms with Gasteiger partial charge in [-0.15, -0.1) is 0 Å². The van der Waals surface area contributed by atoms with E-state index in [0.717, 1.165) is 30.8 Å². The minimum atomic E-state index is -2.75. The summed E-state index contributed by atoms with van der Waals surface area (Å²) in [6, 6.07) is 0.254. The maximum Gasteiger partial charge on any atom is 0.316 e. The van der Waals surface area contributed by atoms with E-state index in [9.17, 15) is 13.6 Å². The van der Waals surface area contributed by atoms with Crippen molar-refractivity contribution in [3.05, 3.63) is 17.5 Å². The van der Waals surface area contributed by atoms with Crippen molar-refractivity contribution in [2.75, 3.05) is 32.8 Å². The lowest BCUT2D eigenvalue weighted by molar-refractivity contribution is -0.133. The highest BCUT2D eigenvalue weighted by Gasteiger charge is 2.43. The van der Waals surface area contributed by atoms with Crippen LogP contribution in [0.1, 0.15) is 31.0 Å². The molecule has 2 fully saturated rings. The molecular weight excluding hydrogens is 356 g/mol. The predicted octanol–water partition coefficient (Wildman–Crippen LogP) is 0.831. The lowest BCUT2D eigenvalue weighted by Crippen LogP contribution is -2.43.